The van der Waals surface area contributed by atoms with Crippen LogP contribution in [-0.4, -0.2) is 37.6 Å². The number of benzene rings is 1. The molecule has 0 aliphatic carbocycles. The van der Waals surface area contributed by atoms with E-state index in [9.17, 15) is 4.39 Å². The molecule has 108 valence electrons. The molecule has 0 bridgehead atoms. The number of hydrogen-bond acceptors (Lipinski definition) is 3. The number of nitrogens with one attached hydrogen (secondary N) is 1. The summed E-state index contributed by atoms with van der Waals surface area (Å²) in [5.41, 5.74) is 6.62. The fraction of sp³-hybridized carbons (Fsp3) is 0.571. The van der Waals surface area contributed by atoms with Gasteiger partial charge in [0.15, 0.2) is 0 Å². The molecule has 0 aliphatic rings. The van der Waals surface area contributed by atoms with Crippen molar-refractivity contribution in [3.05, 3.63) is 34.6 Å². The highest BCUT2D eigenvalue weighted by Gasteiger charge is 2.13. The first-order valence-electron chi connectivity index (χ1n) is 6.73. The molecule has 1 unspecified atom stereocenters. The zero-order chi connectivity index (χ0) is 14.3. The molecule has 0 aromatic heterocycles. The minimum atomic E-state index is -0.326. The van der Waals surface area contributed by atoms with Gasteiger partial charge < -0.3 is 16.0 Å². The van der Waals surface area contributed by atoms with Gasteiger partial charge in [0, 0.05) is 30.7 Å². The van der Waals surface area contributed by atoms with E-state index in [1.165, 1.54) is 12.1 Å². The summed E-state index contributed by atoms with van der Waals surface area (Å²) in [6.45, 7) is 8.57. The Kier molecular flexibility index (Phi) is 7.31. The zero-order valence-corrected chi connectivity index (χ0v) is 12.4. The number of rotatable bonds is 8. The minimum absolute atomic E-state index is 0.0383. The monoisotopic (exact) mass is 287 g/mol. The van der Waals surface area contributed by atoms with Gasteiger partial charge in [0.05, 0.1) is 0 Å². The first-order valence-corrected chi connectivity index (χ1v) is 7.10. The van der Waals surface area contributed by atoms with E-state index in [4.69, 9.17) is 17.3 Å². The highest BCUT2D eigenvalue weighted by Crippen LogP contribution is 2.23. The van der Waals surface area contributed by atoms with Crippen LogP contribution in [0.2, 0.25) is 5.02 Å². The van der Waals surface area contributed by atoms with Crippen molar-refractivity contribution in [3.8, 4) is 0 Å². The molecule has 19 heavy (non-hydrogen) atoms. The number of hydrogen-bond donors (Lipinski definition) is 2. The Morgan fingerprint density at radius 1 is 1.37 bits per heavy atom. The van der Waals surface area contributed by atoms with Crippen molar-refractivity contribution >= 4 is 11.6 Å². The summed E-state index contributed by atoms with van der Waals surface area (Å²) < 4.78 is 13.0. The second-order valence-electron chi connectivity index (χ2n) is 4.44. The van der Waals surface area contributed by atoms with Gasteiger partial charge >= 0.3 is 0 Å². The van der Waals surface area contributed by atoms with Crippen LogP contribution in [0.5, 0.6) is 0 Å². The van der Waals surface area contributed by atoms with Gasteiger partial charge in [-0.3, -0.25) is 0 Å². The molecular formula is C14H23ClFN3. The number of nitrogens with two attached hydrogens (primary N) is 1. The van der Waals surface area contributed by atoms with Crippen LogP contribution in [-0.2, 0) is 0 Å². The van der Waals surface area contributed by atoms with E-state index in [2.05, 4.69) is 24.1 Å². The standard InChI is InChI=1S/C14H23ClFN3/c1-3-19(4-2)8-7-18-14(10-17)12-6-5-11(16)9-13(12)15/h5-6,9,14,18H,3-4,7-8,10,17H2,1-2H3. The fourth-order valence-electron chi connectivity index (χ4n) is 2.04. The number of halogens is 2. The molecule has 0 spiro atoms. The highest BCUT2D eigenvalue weighted by atomic mass is 35.5. The van der Waals surface area contributed by atoms with Crippen LogP contribution in [0.25, 0.3) is 0 Å². The fourth-order valence-corrected chi connectivity index (χ4v) is 2.34. The second-order valence-corrected chi connectivity index (χ2v) is 4.84. The Bertz CT molecular complexity index is 383. The molecule has 0 heterocycles. The summed E-state index contributed by atoms with van der Waals surface area (Å²) in [5, 5.41) is 3.79. The molecule has 3 nitrogen and oxygen atoms in total. The van der Waals surface area contributed by atoms with Crippen LogP contribution in [0.15, 0.2) is 18.2 Å². The minimum Gasteiger partial charge on any atom is -0.329 e. The summed E-state index contributed by atoms with van der Waals surface area (Å²) in [6.07, 6.45) is 0. The van der Waals surface area contributed by atoms with Crippen molar-refractivity contribution in [3.63, 3.8) is 0 Å². The normalized spacial score (nSPS) is 12.9. The largest absolute Gasteiger partial charge is 0.329 e. The Morgan fingerprint density at radius 3 is 2.58 bits per heavy atom. The third-order valence-electron chi connectivity index (χ3n) is 3.29. The van der Waals surface area contributed by atoms with Crippen molar-refractivity contribution in [1.82, 2.24) is 10.2 Å². The summed E-state index contributed by atoms with van der Waals surface area (Å²) in [5.74, 6) is -0.326. The topological polar surface area (TPSA) is 41.3 Å². The molecule has 5 heteroatoms. The molecule has 0 radical (unpaired) electrons. The van der Waals surface area contributed by atoms with E-state index in [0.717, 1.165) is 31.7 Å². The molecule has 3 N–H and O–H groups in total. The third kappa shape index (κ3) is 5.07. The lowest BCUT2D eigenvalue weighted by Crippen LogP contribution is -2.36. The lowest BCUT2D eigenvalue weighted by molar-refractivity contribution is 0.297. The predicted molar refractivity (Wildman–Crippen MR) is 79.0 cm³/mol. The summed E-state index contributed by atoms with van der Waals surface area (Å²) in [4.78, 5) is 2.33. The van der Waals surface area contributed by atoms with Crippen LogP contribution in [0.3, 0.4) is 0 Å². The lowest BCUT2D eigenvalue weighted by atomic mass is 10.1. The quantitative estimate of drug-likeness (QED) is 0.771. The first-order chi connectivity index (χ1) is 9.12. The average molecular weight is 288 g/mol. The van der Waals surface area contributed by atoms with Gasteiger partial charge in [-0.05, 0) is 30.8 Å². The number of likely N-dealkylation sites (N-methyl/N-ethyl adjacent to an activating group) is 1. The maximum Gasteiger partial charge on any atom is 0.124 e. The summed E-state index contributed by atoms with van der Waals surface area (Å²) in [6, 6.07) is 4.39. The lowest BCUT2D eigenvalue weighted by Gasteiger charge is -2.22. The van der Waals surface area contributed by atoms with E-state index in [1.807, 2.05) is 0 Å². The van der Waals surface area contributed by atoms with Gasteiger partial charge in [-0.15, -0.1) is 0 Å². The second kappa shape index (κ2) is 8.48. The van der Waals surface area contributed by atoms with Crippen LogP contribution in [0.4, 0.5) is 4.39 Å². The molecular weight excluding hydrogens is 265 g/mol. The Labute approximate surface area is 119 Å². The Morgan fingerprint density at radius 2 is 2.05 bits per heavy atom. The van der Waals surface area contributed by atoms with Crippen molar-refractivity contribution in [1.29, 1.82) is 0 Å². The Balaban J connectivity index is 2.58. The smallest absolute Gasteiger partial charge is 0.124 e. The van der Waals surface area contributed by atoms with Gasteiger partial charge in [-0.2, -0.15) is 0 Å². The first kappa shape index (κ1) is 16.4. The summed E-state index contributed by atoms with van der Waals surface area (Å²) >= 11 is 6.05. The maximum atomic E-state index is 13.0. The van der Waals surface area contributed by atoms with Crippen LogP contribution >= 0.6 is 11.6 Å². The van der Waals surface area contributed by atoms with E-state index in [0.29, 0.717) is 11.6 Å². The van der Waals surface area contributed by atoms with Crippen LogP contribution < -0.4 is 11.1 Å². The maximum absolute atomic E-state index is 13.0. The van der Waals surface area contributed by atoms with Gasteiger partial charge in [0.2, 0.25) is 0 Å². The van der Waals surface area contributed by atoms with Gasteiger partial charge in [-0.25, -0.2) is 4.39 Å². The molecule has 1 aromatic carbocycles. The van der Waals surface area contributed by atoms with Crippen molar-refractivity contribution in [2.24, 2.45) is 5.73 Å². The van der Waals surface area contributed by atoms with Crippen molar-refractivity contribution in [2.45, 2.75) is 19.9 Å². The molecule has 0 saturated heterocycles. The molecule has 0 fully saturated rings. The van der Waals surface area contributed by atoms with Crippen LogP contribution in [0, 0.1) is 5.82 Å². The molecule has 0 saturated carbocycles. The highest BCUT2D eigenvalue weighted by molar-refractivity contribution is 6.31. The average Bonchev–Trinajstić information content (AvgIpc) is 2.40. The predicted octanol–water partition coefficient (Wildman–Crippen LogP) is 2.41. The van der Waals surface area contributed by atoms with Gasteiger partial charge in [0.25, 0.3) is 0 Å². The van der Waals surface area contributed by atoms with Crippen molar-refractivity contribution < 1.29 is 4.39 Å². The third-order valence-corrected chi connectivity index (χ3v) is 3.61. The molecule has 0 aliphatic heterocycles. The van der Waals surface area contributed by atoms with E-state index in [1.54, 1.807) is 6.07 Å². The van der Waals surface area contributed by atoms with E-state index < -0.39 is 0 Å². The zero-order valence-electron chi connectivity index (χ0n) is 11.6. The van der Waals surface area contributed by atoms with E-state index >= 15 is 0 Å². The molecule has 1 atom stereocenters. The SMILES string of the molecule is CCN(CC)CCNC(CN)c1ccc(F)cc1Cl. The molecule has 1 rings (SSSR count). The van der Waals surface area contributed by atoms with Gasteiger partial charge in [0.1, 0.15) is 5.82 Å². The Hall–Kier alpha value is -0.680. The number of nitrogens with zero attached hydrogens (tertiary/aromatic N) is 1. The van der Waals surface area contributed by atoms with Gasteiger partial charge in [-0.1, -0.05) is 31.5 Å². The van der Waals surface area contributed by atoms with Crippen molar-refractivity contribution in [2.75, 3.05) is 32.7 Å². The van der Waals surface area contributed by atoms with E-state index in [-0.39, 0.29) is 11.9 Å². The molecule has 1 aromatic rings. The molecule has 0 amide bonds. The summed E-state index contributed by atoms with van der Waals surface area (Å²) in [7, 11) is 0. The van der Waals surface area contributed by atoms with Crippen LogP contribution in [0.1, 0.15) is 25.5 Å².